The minimum Gasteiger partial charge on any atom is -0.370 e. The number of pyridine rings is 1. The molecular weight excluding hydrogens is 214 g/mol. The Morgan fingerprint density at radius 2 is 2.41 bits per heavy atom. The Balaban J connectivity index is 1.86. The Kier molecular flexibility index (Phi) is 3.96. The first kappa shape index (κ1) is 11.9. The predicted octanol–water partition coefficient (Wildman–Crippen LogP) is 1.51. The number of aromatic nitrogens is 1. The van der Waals surface area contributed by atoms with Gasteiger partial charge in [-0.1, -0.05) is 6.07 Å². The summed E-state index contributed by atoms with van der Waals surface area (Å²) in [5, 5.41) is 6.13. The van der Waals surface area contributed by atoms with E-state index in [1.165, 1.54) is 12.0 Å². The third kappa shape index (κ3) is 3.44. The second-order valence-electron chi connectivity index (χ2n) is 4.43. The topological polar surface area (TPSA) is 54.0 Å². The minimum absolute atomic E-state index is 0.0325. The highest BCUT2D eigenvalue weighted by Gasteiger charge is 2.09. The van der Waals surface area contributed by atoms with E-state index in [1.807, 2.05) is 0 Å². The van der Waals surface area contributed by atoms with Gasteiger partial charge in [-0.15, -0.1) is 0 Å². The number of carbonyl (C=O) groups is 1. The third-order valence-corrected chi connectivity index (χ3v) is 2.94. The van der Waals surface area contributed by atoms with Gasteiger partial charge in [-0.25, -0.2) is 4.98 Å². The average Bonchev–Trinajstić information content (AvgIpc) is 2.34. The van der Waals surface area contributed by atoms with Crippen LogP contribution in [0, 0.1) is 0 Å². The normalized spacial score (nSPS) is 13.7. The second kappa shape index (κ2) is 5.66. The zero-order valence-corrected chi connectivity index (χ0v) is 10.3. The van der Waals surface area contributed by atoms with Crippen molar-refractivity contribution in [1.82, 2.24) is 10.3 Å². The standard InChI is InChI=1S/C13H19N3O/c1-10(17)14-8-3-5-12-7-6-11-4-2-9-15-13(11)16-12/h6-7H,2-5,8-9H2,1H3,(H,14,17)(H,15,16). The molecule has 1 amide bonds. The molecule has 0 saturated heterocycles. The third-order valence-electron chi connectivity index (χ3n) is 2.94. The first-order chi connectivity index (χ1) is 8.25. The number of carbonyl (C=O) groups excluding carboxylic acids is 1. The summed E-state index contributed by atoms with van der Waals surface area (Å²) in [6.07, 6.45) is 4.17. The molecule has 1 aromatic heterocycles. The zero-order valence-electron chi connectivity index (χ0n) is 10.3. The maximum atomic E-state index is 10.7. The number of fused-ring (bicyclic) bond motifs is 1. The van der Waals surface area contributed by atoms with Crippen molar-refractivity contribution in [2.24, 2.45) is 0 Å². The molecular formula is C13H19N3O. The fourth-order valence-electron chi connectivity index (χ4n) is 2.04. The molecule has 0 unspecified atom stereocenters. The van der Waals surface area contributed by atoms with Gasteiger partial charge in [-0.05, 0) is 37.3 Å². The molecule has 0 aliphatic carbocycles. The number of nitrogens with one attached hydrogen (secondary N) is 2. The molecule has 0 aromatic carbocycles. The van der Waals surface area contributed by atoms with Gasteiger partial charge in [0.15, 0.2) is 0 Å². The highest BCUT2D eigenvalue weighted by atomic mass is 16.1. The summed E-state index contributed by atoms with van der Waals surface area (Å²) < 4.78 is 0. The smallest absolute Gasteiger partial charge is 0.216 e. The van der Waals surface area contributed by atoms with E-state index in [4.69, 9.17) is 0 Å². The molecule has 17 heavy (non-hydrogen) atoms. The summed E-state index contributed by atoms with van der Waals surface area (Å²) >= 11 is 0. The van der Waals surface area contributed by atoms with Crippen LogP contribution in [0.15, 0.2) is 12.1 Å². The van der Waals surface area contributed by atoms with Crippen LogP contribution in [0.4, 0.5) is 5.82 Å². The van der Waals surface area contributed by atoms with Crippen LogP contribution in [0.3, 0.4) is 0 Å². The lowest BCUT2D eigenvalue weighted by molar-refractivity contribution is -0.118. The molecule has 1 aliphatic rings. The number of nitrogens with zero attached hydrogens (tertiary/aromatic N) is 1. The van der Waals surface area contributed by atoms with Gasteiger partial charge in [0.1, 0.15) is 5.82 Å². The Morgan fingerprint density at radius 3 is 3.24 bits per heavy atom. The molecule has 2 N–H and O–H groups in total. The van der Waals surface area contributed by atoms with Crippen molar-refractivity contribution in [2.75, 3.05) is 18.4 Å². The van der Waals surface area contributed by atoms with Gasteiger partial charge in [0, 0.05) is 25.7 Å². The largest absolute Gasteiger partial charge is 0.370 e. The van der Waals surface area contributed by atoms with Crippen molar-refractivity contribution in [2.45, 2.75) is 32.6 Å². The first-order valence-electron chi connectivity index (χ1n) is 6.23. The molecule has 0 fully saturated rings. The van der Waals surface area contributed by atoms with Gasteiger partial charge in [-0.2, -0.15) is 0 Å². The predicted molar refractivity (Wildman–Crippen MR) is 68.1 cm³/mol. The lowest BCUT2D eigenvalue weighted by atomic mass is 10.1. The number of hydrogen-bond donors (Lipinski definition) is 2. The Morgan fingerprint density at radius 1 is 1.53 bits per heavy atom. The van der Waals surface area contributed by atoms with E-state index >= 15 is 0 Å². The molecule has 1 aliphatic heterocycles. The summed E-state index contributed by atoms with van der Waals surface area (Å²) in [6.45, 7) is 3.29. The van der Waals surface area contributed by atoms with Crippen LogP contribution >= 0.6 is 0 Å². The van der Waals surface area contributed by atoms with Crippen LogP contribution in [0.2, 0.25) is 0 Å². The van der Waals surface area contributed by atoms with E-state index in [2.05, 4.69) is 27.8 Å². The summed E-state index contributed by atoms with van der Waals surface area (Å²) in [4.78, 5) is 15.3. The molecule has 0 bridgehead atoms. The summed E-state index contributed by atoms with van der Waals surface area (Å²) in [5.74, 6) is 1.08. The quantitative estimate of drug-likeness (QED) is 0.775. The van der Waals surface area contributed by atoms with Gasteiger partial charge in [0.2, 0.25) is 5.91 Å². The second-order valence-corrected chi connectivity index (χ2v) is 4.43. The first-order valence-corrected chi connectivity index (χ1v) is 6.23. The molecule has 2 rings (SSSR count). The van der Waals surface area contributed by atoms with Crippen molar-refractivity contribution in [3.05, 3.63) is 23.4 Å². The van der Waals surface area contributed by atoms with Gasteiger partial charge in [-0.3, -0.25) is 4.79 Å². The van der Waals surface area contributed by atoms with Crippen molar-refractivity contribution in [3.63, 3.8) is 0 Å². The molecule has 92 valence electrons. The SMILES string of the molecule is CC(=O)NCCCc1ccc2c(n1)NCCC2. The number of anilines is 1. The summed E-state index contributed by atoms with van der Waals surface area (Å²) in [7, 11) is 0. The Labute approximate surface area is 102 Å². The number of aryl methyl sites for hydroxylation is 2. The van der Waals surface area contributed by atoms with Gasteiger partial charge in [0.25, 0.3) is 0 Å². The number of hydrogen-bond acceptors (Lipinski definition) is 3. The van der Waals surface area contributed by atoms with Crippen molar-refractivity contribution in [1.29, 1.82) is 0 Å². The van der Waals surface area contributed by atoms with Crippen molar-refractivity contribution < 1.29 is 4.79 Å². The fraction of sp³-hybridized carbons (Fsp3) is 0.538. The van der Waals surface area contributed by atoms with E-state index in [-0.39, 0.29) is 5.91 Å². The minimum atomic E-state index is 0.0325. The summed E-state index contributed by atoms with van der Waals surface area (Å²) in [6, 6.07) is 4.27. The van der Waals surface area contributed by atoms with E-state index in [9.17, 15) is 4.79 Å². The average molecular weight is 233 g/mol. The van der Waals surface area contributed by atoms with Gasteiger partial charge < -0.3 is 10.6 Å². The van der Waals surface area contributed by atoms with Crippen LogP contribution in [-0.2, 0) is 17.6 Å². The Hall–Kier alpha value is -1.58. The number of rotatable bonds is 4. The van der Waals surface area contributed by atoms with E-state index in [0.717, 1.165) is 43.9 Å². The van der Waals surface area contributed by atoms with Crippen LogP contribution < -0.4 is 10.6 Å². The van der Waals surface area contributed by atoms with Crippen molar-refractivity contribution in [3.8, 4) is 0 Å². The molecule has 0 radical (unpaired) electrons. The molecule has 0 saturated carbocycles. The zero-order chi connectivity index (χ0) is 12.1. The van der Waals surface area contributed by atoms with Crippen LogP contribution in [0.5, 0.6) is 0 Å². The maximum absolute atomic E-state index is 10.7. The van der Waals surface area contributed by atoms with E-state index in [0.29, 0.717) is 0 Å². The van der Waals surface area contributed by atoms with Gasteiger partial charge in [0.05, 0.1) is 0 Å². The highest BCUT2D eigenvalue weighted by Crippen LogP contribution is 2.19. The maximum Gasteiger partial charge on any atom is 0.216 e. The summed E-state index contributed by atoms with van der Waals surface area (Å²) in [5.41, 5.74) is 2.42. The molecule has 0 atom stereocenters. The molecule has 1 aromatic rings. The molecule has 2 heterocycles. The van der Waals surface area contributed by atoms with Crippen LogP contribution in [0.25, 0.3) is 0 Å². The molecule has 4 heteroatoms. The molecule has 4 nitrogen and oxygen atoms in total. The van der Waals surface area contributed by atoms with E-state index < -0.39 is 0 Å². The monoisotopic (exact) mass is 233 g/mol. The van der Waals surface area contributed by atoms with E-state index in [1.54, 1.807) is 6.92 Å². The van der Waals surface area contributed by atoms with Crippen LogP contribution in [0.1, 0.15) is 31.0 Å². The Bertz CT molecular complexity index is 404. The lowest BCUT2D eigenvalue weighted by Gasteiger charge is -2.17. The molecule has 0 spiro atoms. The lowest BCUT2D eigenvalue weighted by Crippen LogP contribution is -2.21. The number of amides is 1. The van der Waals surface area contributed by atoms with Crippen molar-refractivity contribution >= 4 is 11.7 Å². The highest BCUT2D eigenvalue weighted by molar-refractivity contribution is 5.72. The van der Waals surface area contributed by atoms with Crippen LogP contribution in [-0.4, -0.2) is 24.0 Å². The fourth-order valence-corrected chi connectivity index (χ4v) is 2.04. The van der Waals surface area contributed by atoms with Gasteiger partial charge >= 0.3 is 0 Å².